The van der Waals surface area contributed by atoms with Gasteiger partial charge in [-0.15, -0.1) is 0 Å². The van der Waals surface area contributed by atoms with E-state index in [4.69, 9.17) is 11.6 Å². The Labute approximate surface area is 164 Å². The van der Waals surface area contributed by atoms with Gasteiger partial charge in [0.2, 0.25) is 5.91 Å². The van der Waals surface area contributed by atoms with Gasteiger partial charge in [-0.05, 0) is 41.8 Å². The summed E-state index contributed by atoms with van der Waals surface area (Å²) in [6.45, 7) is 0.575. The molecule has 0 spiro atoms. The van der Waals surface area contributed by atoms with Crippen LogP contribution in [0.1, 0.15) is 17.5 Å². The Morgan fingerprint density at radius 2 is 1.70 bits per heavy atom. The lowest BCUT2D eigenvalue weighted by Gasteiger charge is -2.12. The van der Waals surface area contributed by atoms with Gasteiger partial charge in [-0.1, -0.05) is 35.9 Å². The number of halogens is 1. The molecule has 5 nitrogen and oxygen atoms in total. The van der Waals surface area contributed by atoms with Crippen molar-refractivity contribution in [3.8, 4) is 0 Å². The van der Waals surface area contributed by atoms with Crippen molar-refractivity contribution < 1.29 is 4.79 Å². The average Bonchev–Trinajstić information content (AvgIpc) is 3.09. The van der Waals surface area contributed by atoms with Gasteiger partial charge in [0.25, 0.3) is 0 Å². The molecule has 0 atom stereocenters. The molecule has 1 amide bonds. The zero-order chi connectivity index (χ0) is 19.2. The summed E-state index contributed by atoms with van der Waals surface area (Å²) in [7, 11) is 4.02. The van der Waals surface area contributed by atoms with Crippen LogP contribution in [0.25, 0.3) is 0 Å². The van der Waals surface area contributed by atoms with E-state index in [1.807, 2.05) is 38.4 Å². The summed E-state index contributed by atoms with van der Waals surface area (Å²) in [6, 6.07) is 17.7. The van der Waals surface area contributed by atoms with Crippen LogP contribution in [-0.4, -0.2) is 29.8 Å². The second-order valence-corrected chi connectivity index (χ2v) is 7.05. The summed E-state index contributed by atoms with van der Waals surface area (Å²) < 4.78 is 1.77. The third kappa shape index (κ3) is 5.34. The lowest BCUT2D eigenvalue weighted by molar-refractivity contribution is -0.116. The number of nitrogens with zero attached hydrogens (tertiary/aromatic N) is 3. The fourth-order valence-corrected chi connectivity index (χ4v) is 2.88. The highest BCUT2D eigenvalue weighted by Gasteiger charge is 2.08. The maximum Gasteiger partial charge on any atom is 0.225 e. The van der Waals surface area contributed by atoms with E-state index in [0.29, 0.717) is 30.2 Å². The first-order valence-electron chi connectivity index (χ1n) is 8.83. The normalized spacial score (nSPS) is 10.6. The van der Waals surface area contributed by atoms with Gasteiger partial charge in [-0.3, -0.25) is 4.79 Å². The summed E-state index contributed by atoms with van der Waals surface area (Å²) in [6.07, 6.45) is 2.81. The molecule has 0 aliphatic heterocycles. The molecule has 0 aliphatic rings. The summed E-state index contributed by atoms with van der Waals surface area (Å²) in [5, 5.41) is 7.95. The Hall–Kier alpha value is -2.79. The molecule has 0 bridgehead atoms. The molecule has 3 rings (SSSR count). The molecular weight excluding hydrogens is 360 g/mol. The molecular formula is C21H23ClN4O. The number of rotatable bonds is 7. The van der Waals surface area contributed by atoms with E-state index < -0.39 is 0 Å². The molecule has 1 aromatic heterocycles. The zero-order valence-electron chi connectivity index (χ0n) is 15.5. The van der Waals surface area contributed by atoms with E-state index in [1.54, 1.807) is 16.9 Å². The summed E-state index contributed by atoms with van der Waals surface area (Å²) >= 11 is 5.92. The summed E-state index contributed by atoms with van der Waals surface area (Å²) in [4.78, 5) is 14.4. The predicted molar refractivity (Wildman–Crippen MR) is 111 cm³/mol. The molecule has 3 aromatic rings. The number of amides is 1. The van der Waals surface area contributed by atoms with Gasteiger partial charge in [0.1, 0.15) is 5.82 Å². The monoisotopic (exact) mass is 382 g/mol. The smallest absolute Gasteiger partial charge is 0.225 e. The molecule has 0 radical (unpaired) electrons. The number of carbonyl (C=O) groups excluding carboxylic acids is 1. The summed E-state index contributed by atoms with van der Waals surface area (Å²) in [5.74, 6) is 0.669. The largest absolute Gasteiger partial charge is 0.378 e. The van der Waals surface area contributed by atoms with Crippen LogP contribution in [0.3, 0.4) is 0 Å². The van der Waals surface area contributed by atoms with Crippen molar-refractivity contribution in [2.45, 2.75) is 19.4 Å². The first kappa shape index (κ1) is 19.0. The minimum atomic E-state index is -0.0236. The van der Waals surface area contributed by atoms with E-state index in [0.717, 1.165) is 16.8 Å². The van der Waals surface area contributed by atoms with Crippen molar-refractivity contribution in [3.63, 3.8) is 0 Å². The number of anilines is 2. The Morgan fingerprint density at radius 1 is 1.04 bits per heavy atom. The van der Waals surface area contributed by atoms with Gasteiger partial charge >= 0.3 is 0 Å². The topological polar surface area (TPSA) is 50.2 Å². The second kappa shape index (κ2) is 8.73. The van der Waals surface area contributed by atoms with Crippen LogP contribution < -0.4 is 10.2 Å². The fourth-order valence-electron chi connectivity index (χ4n) is 2.75. The van der Waals surface area contributed by atoms with Gasteiger partial charge in [0.05, 0.1) is 12.7 Å². The fraction of sp³-hybridized carbons (Fsp3) is 0.238. The molecule has 0 aliphatic carbocycles. The molecule has 0 fully saturated rings. The first-order chi connectivity index (χ1) is 13.0. The molecule has 27 heavy (non-hydrogen) atoms. The van der Waals surface area contributed by atoms with E-state index in [-0.39, 0.29) is 5.91 Å². The van der Waals surface area contributed by atoms with Gasteiger partial charge in [0, 0.05) is 37.3 Å². The average molecular weight is 383 g/mol. The number of hydrogen-bond acceptors (Lipinski definition) is 3. The van der Waals surface area contributed by atoms with Crippen LogP contribution in [0, 0.1) is 0 Å². The van der Waals surface area contributed by atoms with Crippen molar-refractivity contribution in [2.24, 2.45) is 0 Å². The van der Waals surface area contributed by atoms with Gasteiger partial charge in [0.15, 0.2) is 0 Å². The molecule has 0 saturated carbocycles. The zero-order valence-corrected chi connectivity index (χ0v) is 16.3. The standard InChI is InChI=1S/C21H23ClN4O/c1-25(2)19-10-5-16(6-11-19)7-12-21(27)24-20-13-14-23-26(20)15-17-3-8-18(22)9-4-17/h3-6,8-11,13-14H,7,12,15H2,1-2H3,(H,24,27). The number of carbonyl (C=O) groups is 1. The van der Waals surface area contributed by atoms with Crippen molar-refractivity contribution in [1.29, 1.82) is 0 Å². The molecule has 0 unspecified atom stereocenters. The Morgan fingerprint density at radius 3 is 2.37 bits per heavy atom. The van der Waals surface area contributed by atoms with E-state index in [2.05, 4.69) is 39.6 Å². The van der Waals surface area contributed by atoms with Crippen molar-refractivity contribution in [2.75, 3.05) is 24.3 Å². The van der Waals surface area contributed by atoms with Crippen molar-refractivity contribution in [3.05, 3.63) is 76.9 Å². The molecule has 6 heteroatoms. The quantitative estimate of drug-likeness (QED) is 0.665. The second-order valence-electron chi connectivity index (χ2n) is 6.61. The SMILES string of the molecule is CN(C)c1ccc(CCC(=O)Nc2ccnn2Cc2ccc(Cl)cc2)cc1. The number of aryl methyl sites for hydroxylation is 1. The Kier molecular flexibility index (Phi) is 6.14. The highest BCUT2D eigenvalue weighted by atomic mass is 35.5. The Bertz CT molecular complexity index is 885. The molecule has 0 saturated heterocycles. The lowest BCUT2D eigenvalue weighted by Crippen LogP contribution is -2.16. The molecule has 2 aromatic carbocycles. The van der Waals surface area contributed by atoms with Crippen molar-refractivity contribution in [1.82, 2.24) is 9.78 Å². The maximum absolute atomic E-state index is 12.3. The minimum Gasteiger partial charge on any atom is -0.378 e. The maximum atomic E-state index is 12.3. The predicted octanol–water partition coefficient (Wildman–Crippen LogP) is 4.22. The number of hydrogen-bond donors (Lipinski definition) is 1. The highest BCUT2D eigenvalue weighted by Crippen LogP contribution is 2.15. The molecule has 1 heterocycles. The van der Waals surface area contributed by atoms with E-state index in [1.165, 1.54) is 0 Å². The molecule has 1 N–H and O–H groups in total. The molecule has 140 valence electrons. The van der Waals surface area contributed by atoms with Crippen LogP contribution >= 0.6 is 11.6 Å². The van der Waals surface area contributed by atoms with Crippen LogP contribution in [0.15, 0.2) is 60.8 Å². The number of aromatic nitrogens is 2. The van der Waals surface area contributed by atoms with Gasteiger partial charge < -0.3 is 10.2 Å². The third-order valence-corrected chi connectivity index (χ3v) is 4.58. The van der Waals surface area contributed by atoms with Gasteiger partial charge in [-0.25, -0.2) is 4.68 Å². The van der Waals surface area contributed by atoms with E-state index in [9.17, 15) is 4.79 Å². The van der Waals surface area contributed by atoms with Crippen LogP contribution in [-0.2, 0) is 17.8 Å². The highest BCUT2D eigenvalue weighted by molar-refractivity contribution is 6.30. The van der Waals surface area contributed by atoms with E-state index >= 15 is 0 Å². The van der Waals surface area contributed by atoms with Crippen LogP contribution in [0.2, 0.25) is 5.02 Å². The number of benzene rings is 2. The van der Waals surface area contributed by atoms with Crippen LogP contribution in [0.5, 0.6) is 0 Å². The van der Waals surface area contributed by atoms with Crippen LogP contribution in [0.4, 0.5) is 11.5 Å². The van der Waals surface area contributed by atoms with Gasteiger partial charge in [-0.2, -0.15) is 5.10 Å². The summed E-state index contributed by atoms with van der Waals surface area (Å²) in [5.41, 5.74) is 3.36. The van der Waals surface area contributed by atoms with Crippen molar-refractivity contribution >= 4 is 29.0 Å². The third-order valence-electron chi connectivity index (χ3n) is 4.32. The number of nitrogens with one attached hydrogen (secondary N) is 1. The minimum absolute atomic E-state index is 0.0236. The Balaban J connectivity index is 1.55. The lowest BCUT2D eigenvalue weighted by atomic mass is 10.1. The first-order valence-corrected chi connectivity index (χ1v) is 9.21.